The second-order valence-corrected chi connectivity index (χ2v) is 19.3. The van der Waals surface area contributed by atoms with Crippen LogP contribution in [0.3, 0.4) is 0 Å². The molecule has 356 valence electrons. The van der Waals surface area contributed by atoms with E-state index in [-0.39, 0.29) is 101 Å². The highest BCUT2D eigenvalue weighted by molar-refractivity contribution is 7.91. The van der Waals surface area contributed by atoms with Crippen molar-refractivity contribution in [1.82, 2.24) is 39.0 Å². The van der Waals surface area contributed by atoms with E-state index < -0.39 is 54.5 Å². The third kappa shape index (κ3) is 9.39. The van der Waals surface area contributed by atoms with E-state index in [1.807, 2.05) is 12.1 Å². The summed E-state index contributed by atoms with van der Waals surface area (Å²) in [4.78, 5) is 51.5. The number of aromatic nitrogens is 8. The molecule has 4 aromatic heterocycles. The summed E-state index contributed by atoms with van der Waals surface area (Å²) >= 11 is 0. The Bertz CT molecular complexity index is 3640. The summed E-state index contributed by atoms with van der Waals surface area (Å²) < 4.78 is 81.2. The average molecular weight is 989 g/mol. The minimum Gasteiger partial charge on any atom is -0.382 e. The second-order valence-electron chi connectivity index (χ2n) is 15.3. The number of hydrogen-bond donors (Lipinski definition) is 6. The van der Waals surface area contributed by atoms with Crippen LogP contribution in [0.1, 0.15) is 48.7 Å². The Kier molecular flexibility index (Phi) is 13.1. The van der Waals surface area contributed by atoms with E-state index >= 15 is 0 Å². The average Bonchev–Trinajstić information content (AvgIpc) is 3.28. The summed E-state index contributed by atoms with van der Waals surface area (Å²) in [5, 5.41) is 24.4. The van der Waals surface area contributed by atoms with Crippen LogP contribution in [0, 0.1) is 34.3 Å². The van der Waals surface area contributed by atoms with Crippen molar-refractivity contribution >= 4 is 76.6 Å². The van der Waals surface area contributed by atoms with E-state index in [1.165, 1.54) is 72.8 Å². The third-order valence-corrected chi connectivity index (χ3v) is 12.6. The fourth-order valence-electron chi connectivity index (χ4n) is 7.33. The van der Waals surface area contributed by atoms with E-state index in [1.54, 1.807) is 13.8 Å². The first-order chi connectivity index (χ1) is 33.0. The predicted molar refractivity (Wildman–Crippen MR) is 256 cm³/mol. The van der Waals surface area contributed by atoms with Crippen molar-refractivity contribution < 1.29 is 25.6 Å². The molecule has 0 saturated heterocycles. The molecule has 26 heteroatoms. The second kappa shape index (κ2) is 18.9. The quantitative estimate of drug-likeness (QED) is 0.113. The van der Waals surface area contributed by atoms with Gasteiger partial charge in [0.15, 0.2) is 31.3 Å². The van der Waals surface area contributed by atoms with Crippen LogP contribution in [0.4, 0.5) is 43.9 Å². The third-order valence-electron chi connectivity index (χ3n) is 10.4. The van der Waals surface area contributed by atoms with E-state index in [0.29, 0.717) is 0 Å². The van der Waals surface area contributed by atoms with Crippen LogP contribution in [0.25, 0.3) is 33.2 Å². The smallest absolute Gasteiger partial charge is 0.267 e. The van der Waals surface area contributed by atoms with Gasteiger partial charge in [-0.1, -0.05) is 36.4 Å². The molecule has 70 heavy (non-hydrogen) atoms. The molecule has 0 bridgehead atoms. The van der Waals surface area contributed by atoms with Crippen molar-refractivity contribution in [1.29, 1.82) is 10.5 Å². The summed E-state index contributed by atoms with van der Waals surface area (Å²) in [5.41, 5.74) is 21.1. The zero-order chi connectivity index (χ0) is 51.0. The van der Waals surface area contributed by atoms with Gasteiger partial charge in [-0.15, -0.1) is 0 Å². The molecule has 4 aromatic carbocycles. The van der Waals surface area contributed by atoms with Gasteiger partial charge in [0, 0.05) is 12.5 Å². The molecule has 0 aliphatic rings. The topological polar surface area (TPSA) is 365 Å². The molecule has 0 amide bonds. The zero-order valence-electron chi connectivity index (χ0n) is 37.0. The molecule has 0 aliphatic heterocycles. The lowest BCUT2D eigenvalue weighted by Gasteiger charge is -2.21. The molecule has 10 N–H and O–H groups in total. The molecule has 0 aliphatic carbocycles. The number of nitriles is 2. The molecule has 0 saturated carbocycles. The van der Waals surface area contributed by atoms with Crippen molar-refractivity contribution in [3.63, 3.8) is 0 Å². The SMILES string of the molecule is C[C@H](Nc1nc(N)nc(N)c1C#N)c1nc2cccc(S(C)(=O)=O)c2c(=O)n1-c1ccccc1F.C[C@H](Nc1nc(N)nc(N)c1C#N)c1nc2cccc(S(C)(=O)=O)c2c(=O)n1-c1ccccc1F. The van der Waals surface area contributed by atoms with Crippen LogP contribution in [-0.2, 0) is 19.7 Å². The number of fused-ring (bicyclic) bond motifs is 2. The summed E-state index contributed by atoms with van der Waals surface area (Å²) in [6, 6.07) is 21.5. The maximum absolute atomic E-state index is 14.9. The first-order valence-corrected chi connectivity index (χ1v) is 24.0. The number of rotatable bonds is 10. The number of nitrogen functional groups attached to an aromatic ring is 4. The summed E-state index contributed by atoms with van der Waals surface area (Å²) in [5.74, 6) is -2.09. The highest BCUT2D eigenvalue weighted by Crippen LogP contribution is 2.30. The summed E-state index contributed by atoms with van der Waals surface area (Å²) in [6.07, 6.45) is 1.94. The van der Waals surface area contributed by atoms with Crippen molar-refractivity contribution in [3.05, 3.63) is 140 Å². The molecule has 2 atom stereocenters. The number of nitrogens with zero attached hydrogens (tertiary/aromatic N) is 10. The normalized spacial score (nSPS) is 12.3. The van der Waals surface area contributed by atoms with Gasteiger partial charge in [0.05, 0.1) is 55.1 Å². The van der Waals surface area contributed by atoms with Crippen molar-refractivity contribution in [2.45, 2.75) is 35.7 Å². The Hall–Kier alpha value is -9.14. The molecule has 0 unspecified atom stereocenters. The Morgan fingerprint density at radius 3 is 1.24 bits per heavy atom. The monoisotopic (exact) mass is 988 g/mol. The van der Waals surface area contributed by atoms with Gasteiger partial charge in [0.1, 0.15) is 58.2 Å². The van der Waals surface area contributed by atoms with Crippen LogP contribution < -0.4 is 44.7 Å². The van der Waals surface area contributed by atoms with Crippen molar-refractivity contribution in [2.24, 2.45) is 0 Å². The van der Waals surface area contributed by atoms with Gasteiger partial charge in [-0.3, -0.25) is 18.7 Å². The lowest BCUT2D eigenvalue weighted by Crippen LogP contribution is -2.29. The van der Waals surface area contributed by atoms with E-state index in [4.69, 9.17) is 22.9 Å². The highest BCUT2D eigenvalue weighted by atomic mass is 32.2. The van der Waals surface area contributed by atoms with Gasteiger partial charge in [0.2, 0.25) is 11.9 Å². The standard InChI is InChI=1S/2C22H19FN8O3S/c2*1-11(27-19-12(10-24)18(25)29-22(26)30-19)20-28-14-7-5-9-16(35(2,33)34)17(14)21(32)31(20)15-8-4-3-6-13(15)23/h2*3-9,11H,1-2H3,(H5,25,26,27,29,30)/t2*11-/m00/s1. The molecule has 4 heterocycles. The van der Waals surface area contributed by atoms with Crippen LogP contribution in [0.2, 0.25) is 0 Å². The van der Waals surface area contributed by atoms with Gasteiger partial charge in [0.25, 0.3) is 11.1 Å². The number of benzene rings is 4. The van der Waals surface area contributed by atoms with Gasteiger partial charge in [-0.25, -0.2) is 35.6 Å². The maximum atomic E-state index is 14.9. The largest absolute Gasteiger partial charge is 0.382 e. The van der Waals surface area contributed by atoms with Gasteiger partial charge >= 0.3 is 0 Å². The van der Waals surface area contributed by atoms with Crippen LogP contribution in [0.5, 0.6) is 0 Å². The van der Waals surface area contributed by atoms with E-state index in [9.17, 15) is 45.7 Å². The minimum atomic E-state index is -3.80. The Morgan fingerprint density at radius 1 is 0.557 bits per heavy atom. The number of hydrogen-bond acceptors (Lipinski definition) is 20. The number of para-hydroxylation sites is 2. The van der Waals surface area contributed by atoms with E-state index in [0.717, 1.165) is 33.8 Å². The van der Waals surface area contributed by atoms with Crippen molar-refractivity contribution in [3.8, 4) is 23.5 Å². The lowest BCUT2D eigenvalue weighted by atomic mass is 10.2. The Labute approximate surface area is 395 Å². The van der Waals surface area contributed by atoms with Gasteiger partial charge < -0.3 is 33.6 Å². The van der Waals surface area contributed by atoms with E-state index in [2.05, 4.69) is 40.5 Å². The summed E-state index contributed by atoms with van der Waals surface area (Å²) in [6.45, 7) is 3.20. The molecule has 8 rings (SSSR count). The number of halogens is 2. The summed E-state index contributed by atoms with van der Waals surface area (Å²) in [7, 11) is -7.61. The Morgan fingerprint density at radius 2 is 0.914 bits per heavy atom. The fourth-order valence-corrected chi connectivity index (χ4v) is 9.10. The number of nitrogens with one attached hydrogen (secondary N) is 2. The number of sulfone groups is 2. The lowest BCUT2D eigenvalue weighted by molar-refractivity contribution is 0.600. The predicted octanol–water partition coefficient (Wildman–Crippen LogP) is 3.85. The highest BCUT2D eigenvalue weighted by Gasteiger charge is 2.27. The maximum Gasteiger partial charge on any atom is 0.267 e. The van der Waals surface area contributed by atoms with Gasteiger partial charge in [-0.2, -0.15) is 30.5 Å². The zero-order valence-corrected chi connectivity index (χ0v) is 38.7. The van der Waals surface area contributed by atoms with Crippen LogP contribution in [-0.4, -0.2) is 68.4 Å². The molecule has 0 radical (unpaired) electrons. The van der Waals surface area contributed by atoms with Crippen LogP contribution in [0.15, 0.2) is 104 Å². The molecule has 0 spiro atoms. The Balaban J connectivity index is 0.000000206. The first kappa shape index (κ1) is 48.8. The molecule has 0 fully saturated rings. The molecule has 22 nitrogen and oxygen atoms in total. The number of anilines is 6. The fraction of sp³-hybridized carbons (Fsp3) is 0.136. The molecular formula is C44H38F2N16O6S2. The van der Waals surface area contributed by atoms with Crippen LogP contribution >= 0.6 is 0 Å². The number of nitrogens with two attached hydrogens (primary N) is 4. The first-order valence-electron chi connectivity index (χ1n) is 20.3. The molecule has 8 aromatic rings. The van der Waals surface area contributed by atoms with Gasteiger partial charge in [-0.05, 0) is 62.4 Å². The van der Waals surface area contributed by atoms with Crippen molar-refractivity contribution in [2.75, 3.05) is 46.1 Å². The molecular weight excluding hydrogens is 951 g/mol. The minimum absolute atomic E-state index is 0.00989.